The topological polar surface area (TPSA) is 78.4 Å². The molecule has 0 heterocycles. The van der Waals surface area contributed by atoms with Crippen molar-refractivity contribution in [2.24, 2.45) is 0 Å². The highest BCUT2D eigenvalue weighted by Gasteiger charge is 2.20. The molecule has 114 valence electrons. The minimum Gasteiger partial charge on any atom is -0.480 e. The molecule has 2 amide bonds. The first-order chi connectivity index (χ1) is 10.5. The molecular formula is C16H15IN2O3. The number of carboxylic acids is 1. The molecule has 2 aromatic carbocycles. The summed E-state index contributed by atoms with van der Waals surface area (Å²) >= 11 is 2.17. The summed E-state index contributed by atoms with van der Waals surface area (Å²) in [7, 11) is 0. The van der Waals surface area contributed by atoms with Crippen molar-refractivity contribution in [3.8, 4) is 0 Å². The molecule has 5 nitrogen and oxygen atoms in total. The first-order valence-corrected chi connectivity index (χ1v) is 7.72. The van der Waals surface area contributed by atoms with Crippen molar-refractivity contribution >= 4 is 40.3 Å². The van der Waals surface area contributed by atoms with Gasteiger partial charge in [0.2, 0.25) is 0 Å². The number of hydrogen-bond acceptors (Lipinski definition) is 2. The SMILES string of the molecule is O=C(Nc1ccc(I)cc1)NC(Cc1ccccc1)C(=O)O. The average molecular weight is 410 g/mol. The van der Waals surface area contributed by atoms with E-state index in [-0.39, 0.29) is 6.42 Å². The van der Waals surface area contributed by atoms with Crippen molar-refractivity contribution in [2.45, 2.75) is 12.5 Å². The maximum atomic E-state index is 11.9. The first-order valence-electron chi connectivity index (χ1n) is 6.64. The van der Waals surface area contributed by atoms with Crippen molar-refractivity contribution in [1.82, 2.24) is 5.32 Å². The average Bonchev–Trinajstić information content (AvgIpc) is 2.50. The zero-order valence-electron chi connectivity index (χ0n) is 11.6. The molecule has 0 aromatic heterocycles. The number of nitrogens with one attached hydrogen (secondary N) is 2. The van der Waals surface area contributed by atoms with E-state index in [0.29, 0.717) is 5.69 Å². The van der Waals surface area contributed by atoms with E-state index in [1.165, 1.54) is 0 Å². The van der Waals surface area contributed by atoms with Crippen LogP contribution in [0, 0.1) is 3.57 Å². The third-order valence-corrected chi connectivity index (χ3v) is 3.71. The number of hydrogen-bond donors (Lipinski definition) is 3. The van der Waals surface area contributed by atoms with Gasteiger partial charge in [0.1, 0.15) is 6.04 Å². The molecule has 2 rings (SSSR count). The molecule has 0 aliphatic heterocycles. The van der Waals surface area contributed by atoms with E-state index < -0.39 is 18.0 Å². The number of benzene rings is 2. The molecule has 0 spiro atoms. The number of aliphatic carboxylic acids is 1. The zero-order chi connectivity index (χ0) is 15.9. The lowest BCUT2D eigenvalue weighted by Crippen LogP contribution is -2.44. The number of urea groups is 1. The largest absolute Gasteiger partial charge is 0.480 e. The van der Waals surface area contributed by atoms with Gasteiger partial charge in [-0.2, -0.15) is 0 Å². The van der Waals surface area contributed by atoms with Crippen LogP contribution in [0.25, 0.3) is 0 Å². The van der Waals surface area contributed by atoms with Crippen LogP contribution in [0.3, 0.4) is 0 Å². The van der Waals surface area contributed by atoms with Gasteiger partial charge in [-0.15, -0.1) is 0 Å². The standard InChI is InChI=1S/C16H15IN2O3/c17-12-6-8-13(9-7-12)18-16(22)19-14(15(20)21)10-11-4-2-1-3-5-11/h1-9,14H,10H2,(H,20,21)(H2,18,19,22). The van der Waals surface area contributed by atoms with Crippen LogP contribution in [0.5, 0.6) is 0 Å². The summed E-state index contributed by atoms with van der Waals surface area (Å²) in [5.41, 5.74) is 1.46. The molecule has 3 N–H and O–H groups in total. The molecule has 1 atom stereocenters. The summed E-state index contributed by atoms with van der Waals surface area (Å²) in [6.07, 6.45) is 0.232. The van der Waals surface area contributed by atoms with Gasteiger partial charge in [0.15, 0.2) is 0 Å². The van der Waals surface area contributed by atoms with Crippen molar-refractivity contribution in [3.63, 3.8) is 0 Å². The molecule has 0 aliphatic carbocycles. The van der Waals surface area contributed by atoms with Crippen LogP contribution in [0.2, 0.25) is 0 Å². The molecule has 0 saturated heterocycles. The van der Waals surface area contributed by atoms with Gasteiger partial charge in [0.05, 0.1) is 0 Å². The van der Waals surface area contributed by atoms with E-state index in [4.69, 9.17) is 0 Å². The number of anilines is 1. The van der Waals surface area contributed by atoms with Gasteiger partial charge in [-0.3, -0.25) is 0 Å². The minimum atomic E-state index is -1.07. The Kier molecular flexibility index (Phi) is 5.76. The normalized spacial score (nSPS) is 11.5. The van der Waals surface area contributed by atoms with Crippen LogP contribution in [0.1, 0.15) is 5.56 Å². The quantitative estimate of drug-likeness (QED) is 0.663. The minimum absolute atomic E-state index is 0.232. The van der Waals surface area contributed by atoms with Gasteiger partial charge < -0.3 is 15.7 Å². The van der Waals surface area contributed by atoms with E-state index in [2.05, 4.69) is 33.2 Å². The Morgan fingerprint density at radius 3 is 2.27 bits per heavy atom. The predicted molar refractivity (Wildman–Crippen MR) is 92.9 cm³/mol. The number of carboxylic acid groups (broad SMARTS) is 1. The lowest BCUT2D eigenvalue weighted by atomic mass is 10.1. The second-order valence-electron chi connectivity index (χ2n) is 4.69. The van der Waals surface area contributed by atoms with Crippen LogP contribution in [-0.2, 0) is 11.2 Å². The third kappa shape index (κ3) is 5.03. The van der Waals surface area contributed by atoms with Gasteiger partial charge in [-0.05, 0) is 52.4 Å². The molecule has 2 aromatic rings. The molecule has 6 heteroatoms. The lowest BCUT2D eigenvalue weighted by molar-refractivity contribution is -0.139. The maximum Gasteiger partial charge on any atom is 0.326 e. The summed E-state index contributed by atoms with van der Waals surface area (Å²) in [5.74, 6) is -1.07. The molecule has 0 bridgehead atoms. The van der Waals surface area contributed by atoms with Gasteiger partial charge in [0, 0.05) is 15.7 Å². The number of carbonyl (C=O) groups excluding carboxylic acids is 1. The number of amides is 2. The first kappa shape index (κ1) is 16.3. The highest BCUT2D eigenvalue weighted by atomic mass is 127. The fourth-order valence-corrected chi connectivity index (χ4v) is 2.27. The predicted octanol–water partition coefficient (Wildman–Crippen LogP) is 3.11. The summed E-state index contributed by atoms with van der Waals surface area (Å²) in [6, 6.07) is 14.9. The Morgan fingerprint density at radius 1 is 1.05 bits per heavy atom. The molecule has 0 fully saturated rings. The van der Waals surface area contributed by atoms with Crippen LogP contribution in [0.4, 0.5) is 10.5 Å². The van der Waals surface area contributed by atoms with Crippen LogP contribution < -0.4 is 10.6 Å². The summed E-state index contributed by atoms with van der Waals surface area (Å²) < 4.78 is 1.05. The van der Waals surface area contributed by atoms with E-state index in [9.17, 15) is 14.7 Å². The van der Waals surface area contributed by atoms with E-state index in [1.54, 1.807) is 12.1 Å². The Morgan fingerprint density at radius 2 is 1.68 bits per heavy atom. The highest BCUT2D eigenvalue weighted by molar-refractivity contribution is 14.1. The van der Waals surface area contributed by atoms with Crippen molar-refractivity contribution < 1.29 is 14.7 Å². The Labute approximate surface area is 141 Å². The Balaban J connectivity index is 1.97. The van der Waals surface area contributed by atoms with Gasteiger partial charge in [-0.25, -0.2) is 9.59 Å². The molecular weight excluding hydrogens is 395 g/mol. The molecule has 0 saturated carbocycles. The fourth-order valence-electron chi connectivity index (χ4n) is 1.91. The van der Waals surface area contributed by atoms with E-state index in [0.717, 1.165) is 9.13 Å². The van der Waals surface area contributed by atoms with Crippen molar-refractivity contribution in [3.05, 3.63) is 63.7 Å². The van der Waals surface area contributed by atoms with Crippen molar-refractivity contribution in [2.75, 3.05) is 5.32 Å². The van der Waals surface area contributed by atoms with Crippen LogP contribution >= 0.6 is 22.6 Å². The Hall–Kier alpha value is -2.09. The lowest BCUT2D eigenvalue weighted by Gasteiger charge is -2.15. The molecule has 0 aliphatic rings. The molecule has 1 unspecified atom stereocenters. The zero-order valence-corrected chi connectivity index (χ0v) is 13.8. The van der Waals surface area contributed by atoms with Crippen LogP contribution in [0.15, 0.2) is 54.6 Å². The van der Waals surface area contributed by atoms with Crippen LogP contribution in [-0.4, -0.2) is 23.1 Å². The number of carbonyl (C=O) groups is 2. The van der Waals surface area contributed by atoms with E-state index >= 15 is 0 Å². The number of halogens is 1. The van der Waals surface area contributed by atoms with E-state index in [1.807, 2.05) is 42.5 Å². The number of rotatable bonds is 5. The second kappa shape index (κ2) is 7.79. The summed E-state index contributed by atoms with van der Waals surface area (Å²) in [5, 5.41) is 14.3. The Bertz CT molecular complexity index is 644. The van der Waals surface area contributed by atoms with Gasteiger partial charge in [0.25, 0.3) is 0 Å². The molecule has 0 radical (unpaired) electrons. The highest BCUT2D eigenvalue weighted by Crippen LogP contribution is 2.11. The van der Waals surface area contributed by atoms with Crippen molar-refractivity contribution in [1.29, 1.82) is 0 Å². The maximum absolute atomic E-state index is 11.9. The monoisotopic (exact) mass is 410 g/mol. The fraction of sp³-hybridized carbons (Fsp3) is 0.125. The molecule has 22 heavy (non-hydrogen) atoms. The second-order valence-corrected chi connectivity index (χ2v) is 5.93. The third-order valence-electron chi connectivity index (χ3n) is 2.99. The van der Waals surface area contributed by atoms with Gasteiger partial charge in [-0.1, -0.05) is 30.3 Å². The smallest absolute Gasteiger partial charge is 0.326 e. The summed E-state index contributed by atoms with van der Waals surface area (Å²) in [6.45, 7) is 0. The summed E-state index contributed by atoms with van der Waals surface area (Å²) in [4.78, 5) is 23.2. The van der Waals surface area contributed by atoms with Gasteiger partial charge >= 0.3 is 12.0 Å².